The third-order valence-corrected chi connectivity index (χ3v) is 8.32. The van der Waals surface area contributed by atoms with Crippen LogP contribution in [0.2, 0.25) is 0 Å². The SMILES string of the molecule is O=C(Nc1ccc2c(c1)OCO2)C1CCN(c2ccc(S(=O)(=O)N3CCCC3)cc2)CC1. The van der Waals surface area contributed by atoms with E-state index in [4.69, 9.17) is 9.47 Å². The Hall–Kier alpha value is -2.78. The van der Waals surface area contributed by atoms with Crippen LogP contribution in [0.4, 0.5) is 11.4 Å². The van der Waals surface area contributed by atoms with Crippen LogP contribution >= 0.6 is 0 Å². The van der Waals surface area contributed by atoms with Crippen molar-refractivity contribution in [1.29, 1.82) is 0 Å². The van der Waals surface area contributed by atoms with Crippen molar-refractivity contribution in [1.82, 2.24) is 4.31 Å². The smallest absolute Gasteiger partial charge is 0.243 e. The summed E-state index contributed by atoms with van der Waals surface area (Å²) in [5, 5.41) is 2.98. The molecule has 1 N–H and O–H groups in total. The molecule has 3 aliphatic heterocycles. The Morgan fingerprint density at radius 1 is 0.906 bits per heavy atom. The molecule has 2 fully saturated rings. The van der Waals surface area contributed by atoms with Gasteiger partial charge in [-0.15, -0.1) is 0 Å². The van der Waals surface area contributed by atoms with Crippen molar-refractivity contribution < 1.29 is 22.7 Å². The van der Waals surface area contributed by atoms with Crippen LogP contribution in [0.25, 0.3) is 0 Å². The van der Waals surface area contributed by atoms with Crippen LogP contribution in [0.3, 0.4) is 0 Å². The first-order valence-electron chi connectivity index (χ1n) is 11.1. The number of amides is 1. The second kappa shape index (κ2) is 8.63. The van der Waals surface area contributed by atoms with Gasteiger partial charge in [-0.2, -0.15) is 4.31 Å². The van der Waals surface area contributed by atoms with Crippen LogP contribution in [0, 0.1) is 5.92 Å². The van der Waals surface area contributed by atoms with Gasteiger partial charge in [-0.1, -0.05) is 0 Å². The molecule has 8 nitrogen and oxygen atoms in total. The van der Waals surface area contributed by atoms with E-state index >= 15 is 0 Å². The van der Waals surface area contributed by atoms with E-state index in [1.165, 1.54) is 0 Å². The second-order valence-corrected chi connectivity index (χ2v) is 10.4. The van der Waals surface area contributed by atoms with Gasteiger partial charge in [0.2, 0.25) is 22.7 Å². The minimum absolute atomic E-state index is 0.00979. The molecule has 32 heavy (non-hydrogen) atoms. The van der Waals surface area contributed by atoms with E-state index in [-0.39, 0.29) is 18.6 Å². The van der Waals surface area contributed by atoms with Gasteiger partial charge in [0.15, 0.2) is 11.5 Å². The number of fused-ring (bicyclic) bond motifs is 1. The van der Waals surface area contributed by atoms with Gasteiger partial charge < -0.3 is 19.7 Å². The first-order chi connectivity index (χ1) is 15.5. The first kappa shape index (κ1) is 21.1. The molecule has 0 radical (unpaired) electrons. The third kappa shape index (κ3) is 4.14. The lowest BCUT2D eigenvalue weighted by Crippen LogP contribution is -2.38. The third-order valence-electron chi connectivity index (χ3n) is 6.41. The zero-order valence-corrected chi connectivity index (χ0v) is 18.6. The van der Waals surface area contributed by atoms with Gasteiger partial charge in [0.25, 0.3) is 0 Å². The zero-order valence-electron chi connectivity index (χ0n) is 17.8. The molecule has 3 heterocycles. The number of hydrogen-bond donors (Lipinski definition) is 1. The van der Waals surface area contributed by atoms with Gasteiger partial charge >= 0.3 is 0 Å². The van der Waals surface area contributed by atoms with Gasteiger partial charge in [-0.05, 0) is 62.1 Å². The lowest BCUT2D eigenvalue weighted by Gasteiger charge is -2.33. The van der Waals surface area contributed by atoms with Gasteiger partial charge in [-0.25, -0.2) is 8.42 Å². The summed E-state index contributed by atoms with van der Waals surface area (Å²) >= 11 is 0. The summed E-state index contributed by atoms with van der Waals surface area (Å²) in [5.74, 6) is 1.28. The number of hydrogen-bond acceptors (Lipinski definition) is 6. The molecular weight excluding hydrogens is 430 g/mol. The standard InChI is InChI=1S/C23H27N3O5S/c27-23(24-18-3-8-21-22(15-18)31-16-30-21)17-9-13-25(14-10-17)19-4-6-20(7-5-19)32(28,29)26-11-1-2-12-26/h3-8,15,17H,1-2,9-14,16H2,(H,24,27). The molecule has 2 aromatic rings. The predicted octanol–water partition coefficient (Wildman–Crippen LogP) is 3.05. The number of carbonyl (C=O) groups excluding carboxylic acids is 1. The van der Waals surface area contributed by atoms with Crippen LogP contribution < -0.4 is 19.7 Å². The first-order valence-corrected chi connectivity index (χ1v) is 12.5. The molecule has 0 aliphatic carbocycles. The molecule has 0 bridgehead atoms. The predicted molar refractivity (Wildman–Crippen MR) is 121 cm³/mol. The highest BCUT2D eigenvalue weighted by Crippen LogP contribution is 2.34. The molecule has 170 valence electrons. The maximum absolute atomic E-state index is 12.7. The largest absolute Gasteiger partial charge is 0.454 e. The molecule has 0 spiro atoms. The van der Waals surface area contributed by atoms with Gasteiger partial charge in [0.05, 0.1) is 4.90 Å². The summed E-state index contributed by atoms with van der Waals surface area (Å²) in [6.45, 7) is 2.91. The van der Waals surface area contributed by atoms with E-state index in [1.807, 2.05) is 18.2 Å². The molecule has 0 saturated carbocycles. The molecule has 2 aromatic carbocycles. The van der Waals surface area contributed by atoms with E-state index < -0.39 is 10.0 Å². The van der Waals surface area contributed by atoms with Crippen molar-refractivity contribution in [2.75, 3.05) is 43.2 Å². The average molecular weight is 458 g/mol. The van der Waals surface area contributed by atoms with Crippen LogP contribution in [0.15, 0.2) is 47.4 Å². The number of piperidine rings is 1. The summed E-state index contributed by atoms with van der Waals surface area (Å²) in [6, 6.07) is 12.5. The highest BCUT2D eigenvalue weighted by atomic mass is 32.2. The Bertz CT molecular complexity index is 1090. The topological polar surface area (TPSA) is 88.2 Å². The fourth-order valence-electron chi connectivity index (χ4n) is 4.52. The molecular formula is C23H27N3O5S. The second-order valence-electron chi connectivity index (χ2n) is 8.42. The van der Waals surface area contributed by atoms with E-state index in [2.05, 4.69) is 10.2 Å². The highest BCUT2D eigenvalue weighted by Gasteiger charge is 2.28. The number of sulfonamides is 1. The van der Waals surface area contributed by atoms with Crippen LogP contribution in [-0.4, -0.2) is 51.6 Å². The van der Waals surface area contributed by atoms with Gasteiger partial charge in [0.1, 0.15) is 0 Å². The summed E-state index contributed by atoms with van der Waals surface area (Å²) in [7, 11) is -3.39. The van der Waals surface area contributed by atoms with E-state index in [0.717, 1.165) is 44.5 Å². The van der Waals surface area contributed by atoms with Crippen LogP contribution in [0.1, 0.15) is 25.7 Å². The lowest BCUT2D eigenvalue weighted by atomic mass is 9.95. The molecule has 9 heteroatoms. The number of anilines is 2. The minimum Gasteiger partial charge on any atom is -0.454 e. The minimum atomic E-state index is -3.39. The summed E-state index contributed by atoms with van der Waals surface area (Å²) in [4.78, 5) is 15.3. The normalized spacial score (nSPS) is 19.3. The van der Waals surface area contributed by atoms with E-state index in [0.29, 0.717) is 35.2 Å². The molecule has 3 aliphatic rings. The fourth-order valence-corrected chi connectivity index (χ4v) is 6.04. The zero-order chi connectivity index (χ0) is 22.1. The summed E-state index contributed by atoms with van der Waals surface area (Å²) in [5.41, 5.74) is 1.69. The lowest BCUT2D eigenvalue weighted by molar-refractivity contribution is -0.120. The maximum Gasteiger partial charge on any atom is 0.243 e. The number of carbonyl (C=O) groups is 1. The van der Waals surface area contributed by atoms with Gasteiger partial charge in [-0.3, -0.25) is 4.79 Å². The quantitative estimate of drug-likeness (QED) is 0.743. The number of nitrogens with zero attached hydrogens (tertiary/aromatic N) is 2. The fraction of sp³-hybridized carbons (Fsp3) is 0.435. The molecule has 5 rings (SSSR count). The molecule has 0 aromatic heterocycles. The van der Waals surface area contributed by atoms with Crippen LogP contribution in [-0.2, 0) is 14.8 Å². The molecule has 0 atom stereocenters. The van der Waals surface area contributed by atoms with Crippen molar-refractivity contribution in [3.63, 3.8) is 0 Å². The van der Waals surface area contributed by atoms with Crippen molar-refractivity contribution in [3.05, 3.63) is 42.5 Å². The van der Waals surface area contributed by atoms with Crippen molar-refractivity contribution in [2.45, 2.75) is 30.6 Å². The van der Waals surface area contributed by atoms with Gasteiger partial charge in [0, 0.05) is 49.5 Å². The highest BCUT2D eigenvalue weighted by molar-refractivity contribution is 7.89. The molecule has 0 unspecified atom stereocenters. The number of ether oxygens (including phenoxy) is 2. The number of nitrogens with one attached hydrogen (secondary N) is 1. The molecule has 1 amide bonds. The summed E-state index contributed by atoms with van der Waals surface area (Å²) < 4.78 is 37.6. The van der Waals surface area contributed by atoms with Crippen molar-refractivity contribution >= 4 is 27.3 Å². The molecule has 2 saturated heterocycles. The monoisotopic (exact) mass is 457 g/mol. The van der Waals surface area contributed by atoms with Crippen LogP contribution in [0.5, 0.6) is 11.5 Å². The van der Waals surface area contributed by atoms with E-state index in [1.54, 1.807) is 28.6 Å². The Morgan fingerprint density at radius 3 is 2.31 bits per heavy atom. The van der Waals surface area contributed by atoms with Crippen molar-refractivity contribution in [3.8, 4) is 11.5 Å². The van der Waals surface area contributed by atoms with Crippen molar-refractivity contribution in [2.24, 2.45) is 5.92 Å². The van der Waals surface area contributed by atoms with E-state index in [9.17, 15) is 13.2 Å². The Balaban J connectivity index is 1.17. The summed E-state index contributed by atoms with van der Waals surface area (Å²) in [6.07, 6.45) is 3.33. The Morgan fingerprint density at radius 2 is 1.59 bits per heavy atom. The Kier molecular flexibility index (Phi) is 5.69. The number of benzene rings is 2. The number of rotatable bonds is 5. The maximum atomic E-state index is 12.7. The average Bonchev–Trinajstić information content (AvgIpc) is 3.52. The Labute approximate surface area is 188 Å².